The Hall–Kier alpha value is -2.71. The predicted molar refractivity (Wildman–Crippen MR) is 106 cm³/mol. The summed E-state index contributed by atoms with van der Waals surface area (Å²) in [6, 6.07) is -0.903. The van der Waals surface area contributed by atoms with Crippen LogP contribution >= 0.6 is 23.3 Å². The number of β-lactam (4-membered cyclic amide) rings is 1. The van der Waals surface area contributed by atoms with E-state index in [1.807, 2.05) is 0 Å². The number of carbonyl (C=O) groups excluding carboxylic acids is 2. The standard InChI is InChI=1S/C15H19N7O5S2/c1-6-5-28-13-8(12(24)22(13)9(6)14(25)26)18-11(23)7(20-27-4-2-3-16)10-19-15(17)29-21-10/h8,13H,2-5,16H2,1H3,(H,18,23)(H,25,26)(H2,17,19,21)/b20-7+/t8?,13-/m1/s1. The molecule has 0 radical (unpaired) electrons. The van der Waals surface area contributed by atoms with Crippen molar-refractivity contribution < 1.29 is 24.3 Å². The Bertz CT molecular complexity index is 899. The van der Waals surface area contributed by atoms with Gasteiger partial charge in [0.25, 0.3) is 11.8 Å². The molecule has 0 aliphatic carbocycles. The highest BCUT2D eigenvalue weighted by Crippen LogP contribution is 2.40. The number of nitrogen functional groups attached to an aromatic ring is 1. The number of aromatic nitrogens is 2. The maximum Gasteiger partial charge on any atom is 0.352 e. The van der Waals surface area contributed by atoms with Gasteiger partial charge in [-0.15, -0.1) is 11.8 Å². The second kappa shape index (κ2) is 8.75. The molecule has 2 atom stereocenters. The number of nitrogens with two attached hydrogens (primary N) is 2. The van der Waals surface area contributed by atoms with Gasteiger partial charge in [0.2, 0.25) is 11.5 Å². The number of thioether (sulfide) groups is 1. The molecule has 156 valence electrons. The van der Waals surface area contributed by atoms with Crippen LogP contribution < -0.4 is 16.8 Å². The lowest BCUT2D eigenvalue weighted by molar-refractivity contribution is -0.150. The van der Waals surface area contributed by atoms with Crippen molar-refractivity contribution in [2.45, 2.75) is 24.8 Å². The van der Waals surface area contributed by atoms with Crippen LogP contribution in [-0.2, 0) is 19.2 Å². The molecule has 2 aliphatic heterocycles. The summed E-state index contributed by atoms with van der Waals surface area (Å²) in [5.41, 5.74) is 11.3. The maximum atomic E-state index is 12.7. The van der Waals surface area contributed by atoms with E-state index in [4.69, 9.17) is 16.3 Å². The molecule has 14 heteroatoms. The first-order valence-corrected chi connectivity index (χ1v) is 10.4. The SMILES string of the molecule is CC1=C(C(=O)O)N2C(=O)C(NC(=O)/C(=N/OCCCN)c3nsc(N)n3)[C@H]2SC1. The van der Waals surface area contributed by atoms with Gasteiger partial charge in [0.1, 0.15) is 23.7 Å². The molecule has 0 spiro atoms. The molecule has 12 nitrogen and oxygen atoms in total. The molecule has 0 saturated carbocycles. The number of anilines is 1. The number of fused-ring (bicyclic) bond motifs is 1. The molecule has 2 amide bonds. The average molecular weight is 441 g/mol. The number of amides is 2. The van der Waals surface area contributed by atoms with Gasteiger partial charge in [-0.1, -0.05) is 5.16 Å². The highest BCUT2D eigenvalue weighted by atomic mass is 32.2. The van der Waals surface area contributed by atoms with Gasteiger partial charge < -0.3 is 26.7 Å². The van der Waals surface area contributed by atoms with Crippen LogP contribution in [0.2, 0.25) is 0 Å². The molecule has 1 unspecified atom stereocenters. The van der Waals surface area contributed by atoms with Crippen molar-refractivity contribution in [2.75, 3.05) is 24.6 Å². The maximum absolute atomic E-state index is 12.7. The van der Waals surface area contributed by atoms with E-state index < -0.39 is 29.2 Å². The Balaban J connectivity index is 1.75. The Morgan fingerprint density at radius 3 is 2.86 bits per heavy atom. The summed E-state index contributed by atoms with van der Waals surface area (Å²) >= 11 is 2.25. The van der Waals surface area contributed by atoms with Crippen LogP contribution in [0.1, 0.15) is 19.2 Å². The molecule has 1 aromatic heterocycles. The Morgan fingerprint density at radius 2 is 2.24 bits per heavy atom. The van der Waals surface area contributed by atoms with E-state index in [2.05, 4.69) is 19.8 Å². The first-order chi connectivity index (χ1) is 13.8. The number of aliphatic carboxylic acids is 1. The second-order valence-corrected chi connectivity index (χ2v) is 8.06. The summed E-state index contributed by atoms with van der Waals surface area (Å²) in [7, 11) is 0. The summed E-state index contributed by atoms with van der Waals surface area (Å²) in [5.74, 6) is -2.00. The first-order valence-electron chi connectivity index (χ1n) is 8.53. The van der Waals surface area contributed by atoms with E-state index in [9.17, 15) is 19.5 Å². The Morgan fingerprint density at radius 1 is 1.48 bits per heavy atom. The number of oxime groups is 1. The van der Waals surface area contributed by atoms with E-state index in [0.29, 0.717) is 24.3 Å². The number of carboxylic acids is 1. The fourth-order valence-electron chi connectivity index (χ4n) is 2.76. The Labute approximate surface area is 173 Å². The molecular formula is C15H19N7O5S2. The molecule has 1 aromatic rings. The number of hydrogen-bond acceptors (Lipinski definition) is 11. The summed E-state index contributed by atoms with van der Waals surface area (Å²) in [4.78, 5) is 47.0. The fourth-order valence-corrected chi connectivity index (χ4v) is 4.49. The Kier molecular flexibility index (Phi) is 6.34. The molecule has 3 rings (SSSR count). The first kappa shape index (κ1) is 21.0. The molecule has 1 fully saturated rings. The molecule has 0 aromatic carbocycles. The quantitative estimate of drug-likeness (QED) is 0.168. The topological polar surface area (TPSA) is 186 Å². The summed E-state index contributed by atoms with van der Waals surface area (Å²) < 4.78 is 3.96. The van der Waals surface area contributed by atoms with Crippen molar-refractivity contribution in [3.8, 4) is 0 Å². The van der Waals surface area contributed by atoms with Gasteiger partial charge in [0.15, 0.2) is 5.13 Å². The van der Waals surface area contributed by atoms with Gasteiger partial charge in [-0.3, -0.25) is 14.5 Å². The summed E-state index contributed by atoms with van der Waals surface area (Å²) in [5, 5.41) is 15.3. The summed E-state index contributed by atoms with van der Waals surface area (Å²) in [6.45, 7) is 2.24. The van der Waals surface area contributed by atoms with E-state index in [1.54, 1.807) is 6.92 Å². The largest absolute Gasteiger partial charge is 0.477 e. The van der Waals surface area contributed by atoms with Gasteiger partial charge in [-0.2, -0.15) is 9.36 Å². The number of carboxylic acid groups (broad SMARTS) is 1. The molecule has 3 heterocycles. The van der Waals surface area contributed by atoms with Crippen LogP contribution in [-0.4, -0.2) is 73.2 Å². The monoisotopic (exact) mass is 441 g/mol. The second-order valence-electron chi connectivity index (χ2n) is 6.17. The van der Waals surface area contributed by atoms with Crippen molar-refractivity contribution in [2.24, 2.45) is 10.9 Å². The van der Waals surface area contributed by atoms with Gasteiger partial charge in [-0.05, 0) is 25.5 Å². The fraction of sp³-hybridized carbons (Fsp3) is 0.467. The number of rotatable bonds is 8. The van der Waals surface area contributed by atoms with E-state index in [0.717, 1.165) is 11.5 Å². The number of hydrogen-bond donors (Lipinski definition) is 4. The molecule has 6 N–H and O–H groups in total. The minimum atomic E-state index is -1.18. The highest BCUT2D eigenvalue weighted by molar-refractivity contribution is 8.00. The number of carbonyl (C=O) groups is 3. The molecule has 0 bridgehead atoms. The van der Waals surface area contributed by atoms with Gasteiger partial charge in [-0.25, -0.2) is 4.79 Å². The van der Waals surface area contributed by atoms with Crippen LogP contribution in [0.25, 0.3) is 0 Å². The molecule has 29 heavy (non-hydrogen) atoms. The van der Waals surface area contributed by atoms with Crippen LogP contribution in [0.5, 0.6) is 0 Å². The smallest absolute Gasteiger partial charge is 0.352 e. The molecule has 1 saturated heterocycles. The minimum Gasteiger partial charge on any atom is -0.477 e. The van der Waals surface area contributed by atoms with Crippen LogP contribution in [0.3, 0.4) is 0 Å². The van der Waals surface area contributed by atoms with Gasteiger partial charge >= 0.3 is 5.97 Å². The van der Waals surface area contributed by atoms with Crippen molar-refractivity contribution in [1.82, 2.24) is 19.6 Å². The number of nitrogens with zero attached hydrogens (tertiary/aromatic N) is 4. The zero-order chi connectivity index (χ0) is 21.1. The van der Waals surface area contributed by atoms with Crippen molar-refractivity contribution in [3.63, 3.8) is 0 Å². The van der Waals surface area contributed by atoms with Crippen molar-refractivity contribution >= 4 is 51.9 Å². The van der Waals surface area contributed by atoms with Gasteiger partial charge in [0.05, 0.1) is 0 Å². The highest BCUT2D eigenvalue weighted by Gasteiger charge is 2.54. The zero-order valence-corrected chi connectivity index (χ0v) is 17.0. The van der Waals surface area contributed by atoms with Crippen LogP contribution in [0.15, 0.2) is 16.4 Å². The van der Waals surface area contributed by atoms with Crippen molar-refractivity contribution in [1.29, 1.82) is 0 Å². The molecule has 2 aliphatic rings. The van der Waals surface area contributed by atoms with Gasteiger partial charge in [0, 0.05) is 17.3 Å². The van der Waals surface area contributed by atoms with E-state index in [-0.39, 0.29) is 29.0 Å². The zero-order valence-electron chi connectivity index (χ0n) is 15.3. The van der Waals surface area contributed by atoms with Crippen LogP contribution in [0, 0.1) is 0 Å². The van der Waals surface area contributed by atoms with E-state index >= 15 is 0 Å². The lowest BCUT2D eigenvalue weighted by Crippen LogP contribution is -2.71. The summed E-state index contributed by atoms with van der Waals surface area (Å²) in [6.07, 6.45) is 0.531. The average Bonchev–Trinajstić information content (AvgIpc) is 3.11. The normalized spacial score (nSPS) is 21.5. The lowest BCUT2D eigenvalue weighted by Gasteiger charge is -2.49. The third-order valence-corrected chi connectivity index (χ3v) is 6.08. The van der Waals surface area contributed by atoms with Crippen LogP contribution in [0.4, 0.5) is 5.13 Å². The number of nitrogens with one attached hydrogen (secondary N) is 1. The lowest BCUT2D eigenvalue weighted by atomic mass is 10.0. The van der Waals surface area contributed by atoms with Crippen molar-refractivity contribution in [3.05, 3.63) is 17.1 Å². The third kappa shape index (κ3) is 4.18. The third-order valence-electron chi connectivity index (χ3n) is 4.11. The predicted octanol–water partition coefficient (Wildman–Crippen LogP) is -1.05. The molecular weight excluding hydrogens is 422 g/mol. The minimum absolute atomic E-state index is 0.0281. The van der Waals surface area contributed by atoms with E-state index in [1.165, 1.54) is 16.7 Å².